The van der Waals surface area contributed by atoms with E-state index in [9.17, 15) is 0 Å². The van der Waals surface area contributed by atoms with Crippen LogP contribution in [0.15, 0.2) is 18.2 Å². The van der Waals surface area contributed by atoms with Gasteiger partial charge in [0.1, 0.15) is 0 Å². The first-order valence-corrected chi connectivity index (χ1v) is 5.50. The molecule has 0 amide bonds. The quantitative estimate of drug-likeness (QED) is 0.837. The van der Waals surface area contributed by atoms with Crippen LogP contribution in [0.3, 0.4) is 0 Å². The minimum absolute atomic E-state index is 0. The summed E-state index contributed by atoms with van der Waals surface area (Å²) in [5.74, 6) is 0.907. The molecule has 0 spiro atoms. The third kappa shape index (κ3) is 2.96. The van der Waals surface area contributed by atoms with E-state index < -0.39 is 0 Å². The molecule has 0 unspecified atom stereocenters. The molecule has 0 aliphatic heterocycles. The van der Waals surface area contributed by atoms with Crippen molar-refractivity contribution in [3.63, 3.8) is 0 Å². The lowest BCUT2D eigenvalue weighted by Crippen LogP contribution is -2.12. The van der Waals surface area contributed by atoms with E-state index in [1.54, 1.807) is 0 Å². The normalized spacial score (nSPS) is 17.0. The van der Waals surface area contributed by atoms with Gasteiger partial charge in [0.15, 0.2) is 0 Å². The largest absolute Gasteiger partial charge is 0.324 e. The van der Waals surface area contributed by atoms with Crippen molar-refractivity contribution in [2.75, 3.05) is 0 Å². The van der Waals surface area contributed by atoms with Crippen molar-refractivity contribution >= 4 is 12.4 Å². The van der Waals surface area contributed by atoms with Gasteiger partial charge >= 0.3 is 0 Å². The van der Waals surface area contributed by atoms with E-state index in [2.05, 4.69) is 32.0 Å². The topological polar surface area (TPSA) is 26.0 Å². The molecule has 84 valence electrons. The zero-order valence-corrected chi connectivity index (χ0v) is 10.3. The fraction of sp³-hybridized carbons (Fsp3) is 0.538. The van der Waals surface area contributed by atoms with Crippen molar-refractivity contribution in [2.24, 2.45) is 11.7 Å². The van der Waals surface area contributed by atoms with E-state index >= 15 is 0 Å². The first kappa shape index (κ1) is 12.5. The second-order valence-corrected chi connectivity index (χ2v) is 4.57. The summed E-state index contributed by atoms with van der Waals surface area (Å²) in [5.41, 5.74) is 10.3. The van der Waals surface area contributed by atoms with Crippen LogP contribution >= 0.6 is 12.4 Å². The highest BCUT2D eigenvalue weighted by Crippen LogP contribution is 2.37. The van der Waals surface area contributed by atoms with Crippen molar-refractivity contribution in [3.8, 4) is 0 Å². The molecule has 0 saturated heterocycles. The molecule has 1 aliphatic rings. The minimum atomic E-state index is 0. The van der Waals surface area contributed by atoms with Gasteiger partial charge in [-0.15, -0.1) is 12.4 Å². The highest BCUT2D eigenvalue weighted by atomic mass is 35.5. The number of halogens is 1. The van der Waals surface area contributed by atoms with E-state index in [0.29, 0.717) is 0 Å². The van der Waals surface area contributed by atoms with Crippen LogP contribution in [0.25, 0.3) is 0 Å². The molecule has 0 bridgehead atoms. The number of nitrogens with two attached hydrogens (primary N) is 1. The highest BCUT2D eigenvalue weighted by Gasteiger charge is 2.25. The van der Waals surface area contributed by atoms with Gasteiger partial charge in [-0.25, -0.2) is 0 Å². The predicted molar refractivity (Wildman–Crippen MR) is 67.4 cm³/mol. The van der Waals surface area contributed by atoms with Crippen LogP contribution < -0.4 is 5.73 Å². The summed E-state index contributed by atoms with van der Waals surface area (Å²) in [6.07, 6.45) is 3.95. The first-order valence-electron chi connectivity index (χ1n) is 5.50. The molecule has 0 aromatic heterocycles. The minimum Gasteiger partial charge on any atom is -0.324 e. The summed E-state index contributed by atoms with van der Waals surface area (Å²) >= 11 is 0. The second kappa shape index (κ2) is 5.00. The Labute approximate surface area is 98.5 Å². The molecule has 1 fully saturated rings. The van der Waals surface area contributed by atoms with Crippen molar-refractivity contribution in [1.82, 2.24) is 0 Å². The molecule has 1 aromatic rings. The van der Waals surface area contributed by atoms with Crippen molar-refractivity contribution < 1.29 is 0 Å². The monoisotopic (exact) mass is 225 g/mol. The molecule has 1 atom stereocenters. The number of hydrogen-bond donors (Lipinski definition) is 1. The smallest absolute Gasteiger partial charge is 0.0300 e. The fourth-order valence-corrected chi connectivity index (χ4v) is 2.02. The maximum Gasteiger partial charge on any atom is 0.0300 e. The van der Waals surface area contributed by atoms with E-state index in [0.717, 1.165) is 5.92 Å². The maximum atomic E-state index is 6.21. The van der Waals surface area contributed by atoms with Crippen molar-refractivity contribution in [3.05, 3.63) is 34.9 Å². The summed E-state index contributed by atoms with van der Waals surface area (Å²) in [4.78, 5) is 0. The summed E-state index contributed by atoms with van der Waals surface area (Å²) < 4.78 is 0. The number of rotatable bonds is 3. The SMILES string of the molecule is Cc1cccc([C@H](N)CC2CC2)c1C.Cl. The Hall–Kier alpha value is -0.530. The molecule has 2 rings (SSSR count). The molecule has 1 saturated carbocycles. The zero-order valence-electron chi connectivity index (χ0n) is 9.49. The highest BCUT2D eigenvalue weighted by molar-refractivity contribution is 5.85. The molecular weight excluding hydrogens is 206 g/mol. The van der Waals surface area contributed by atoms with Gasteiger partial charge in [-0.2, -0.15) is 0 Å². The number of aryl methyl sites for hydroxylation is 1. The van der Waals surface area contributed by atoms with Gasteiger partial charge in [0.2, 0.25) is 0 Å². The lowest BCUT2D eigenvalue weighted by atomic mass is 9.95. The molecule has 2 N–H and O–H groups in total. The Balaban J connectivity index is 0.00000112. The van der Waals surface area contributed by atoms with Crippen LogP contribution in [0.1, 0.15) is 42.0 Å². The third-order valence-corrected chi connectivity index (χ3v) is 3.33. The van der Waals surface area contributed by atoms with Crippen LogP contribution in [0.2, 0.25) is 0 Å². The average molecular weight is 226 g/mol. The molecule has 1 aromatic carbocycles. The van der Waals surface area contributed by atoms with E-state index in [1.807, 2.05) is 0 Å². The summed E-state index contributed by atoms with van der Waals surface area (Å²) in [7, 11) is 0. The van der Waals surface area contributed by atoms with Crippen molar-refractivity contribution in [2.45, 2.75) is 39.2 Å². The number of benzene rings is 1. The van der Waals surface area contributed by atoms with E-state index in [1.165, 1.54) is 36.0 Å². The molecule has 15 heavy (non-hydrogen) atoms. The standard InChI is InChI=1S/C13H19N.ClH/c1-9-4-3-5-12(10(9)2)13(14)8-11-6-7-11;/h3-5,11,13H,6-8,14H2,1-2H3;1H/t13-;/m1./s1. The Morgan fingerprint density at radius 1 is 1.33 bits per heavy atom. The van der Waals surface area contributed by atoms with Gasteiger partial charge in [-0.1, -0.05) is 31.0 Å². The van der Waals surface area contributed by atoms with Crippen molar-refractivity contribution in [1.29, 1.82) is 0 Å². The Kier molecular flexibility index (Phi) is 4.18. The fourth-order valence-electron chi connectivity index (χ4n) is 2.02. The van der Waals surface area contributed by atoms with Gasteiger partial charge < -0.3 is 5.73 Å². The summed E-state index contributed by atoms with van der Waals surface area (Å²) in [6, 6.07) is 6.70. The summed E-state index contributed by atoms with van der Waals surface area (Å²) in [6.45, 7) is 4.33. The average Bonchev–Trinajstić information content (AvgIpc) is 2.93. The van der Waals surface area contributed by atoms with Gasteiger partial charge in [0, 0.05) is 6.04 Å². The van der Waals surface area contributed by atoms with Crippen LogP contribution in [0, 0.1) is 19.8 Å². The van der Waals surface area contributed by atoms with Crippen LogP contribution in [-0.4, -0.2) is 0 Å². The van der Waals surface area contributed by atoms with Gasteiger partial charge in [-0.3, -0.25) is 0 Å². The predicted octanol–water partition coefficient (Wildman–Crippen LogP) is 3.53. The Bertz CT molecular complexity index is 331. The Morgan fingerprint density at radius 2 is 2.00 bits per heavy atom. The van der Waals surface area contributed by atoms with Gasteiger partial charge in [0.05, 0.1) is 0 Å². The maximum absolute atomic E-state index is 6.21. The van der Waals surface area contributed by atoms with Crippen LogP contribution in [0.5, 0.6) is 0 Å². The van der Waals surface area contributed by atoms with E-state index in [-0.39, 0.29) is 18.4 Å². The zero-order chi connectivity index (χ0) is 10.1. The first-order chi connectivity index (χ1) is 6.68. The molecule has 0 heterocycles. The molecule has 1 aliphatic carbocycles. The third-order valence-electron chi connectivity index (χ3n) is 3.33. The second-order valence-electron chi connectivity index (χ2n) is 4.57. The van der Waals surface area contributed by atoms with Gasteiger partial charge in [-0.05, 0) is 42.9 Å². The molecule has 1 nitrogen and oxygen atoms in total. The molecule has 2 heteroatoms. The Morgan fingerprint density at radius 3 is 2.60 bits per heavy atom. The lowest BCUT2D eigenvalue weighted by molar-refractivity contribution is 0.594. The van der Waals surface area contributed by atoms with Crippen LogP contribution in [-0.2, 0) is 0 Å². The van der Waals surface area contributed by atoms with E-state index in [4.69, 9.17) is 5.73 Å². The lowest BCUT2D eigenvalue weighted by Gasteiger charge is -2.15. The summed E-state index contributed by atoms with van der Waals surface area (Å²) in [5, 5.41) is 0. The van der Waals surface area contributed by atoms with Gasteiger partial charge in [0.25, 0.3) is 0 Å². The molecular formula is C13H20ClN. The van der Waals surface area contributed by atoms with Crippen LogP contribution in [0.4, 0.5) is 0 Å². The molecule has 0 radical (unpaired) electrons. The number of hydrogen-bond acceptors (Lipinski definition) is 1.